The van der Waals surface area contributed by atoms with Crippen LogP contribution in [0.1, 0.15) is 37.5 Å². The minimum Gasteiger partial charge on any atom is -0.350 e. The molecule has 1 aromatic heterocycles. The van der Waals surface area contributed by atoms with Gasteiger partial charge in [0.2, 0.25) is 0 Å². The molecule has 0 aliphatic rings. The number of nitrogens with one attached hydrogen (secondary N) is 1. The molecule has 220 valence electrons. The first-order valence-electron chi connectivity index (χ1n) is 13.2. The molecule has 1 unspecified atom stereocenters. The largest absolute Gasteiger partial charge is 0.350 e. The zero-order valence-electron chi connectivity index (χ0n) is 24.1. The van der Waals surface area contributed by atoms with Crippen LogP contribution in [0.15, 0.2) is 83.9 Å². The Bertz CT molecular complexity index is 1900. The second kappa shape index (κ2) is 12.3. The maximum absolute atomic E-state index is 13.3. The lowest BCUT2D eigenvalue weighted by molar-refractivity contribution is -0.116. The van der Waals surface area contributed by atoms with Gasteiger partial charge in [-0.1, -0.05) is 59.0 Å². The topological polar surface area (TPSA) is 110 Å². The Labute approximate surface area is 261 Å². The van der Waals surface area contributed by atoms with E-state index in [-0.39, 0.29) is 16.8 Å². The highest BCUT2D eigenvalue weighted by Gasteiger charge is 2.37. The van der Waals surface area contributed by atoms with Gasteiger partial charge in [-0.3, -0.25) is 9.78 Å². The van der Waals surface area contributed by atoms with Crippen LogP contribution in [0.4, 0.5) is 0 Å². The van der Waals surface area contributed by atoms with Crippen molar-refractivity contribution in [3.63, 3.8) is 0 Å². The van der Waals surface area contributed by atoms with E-state index < -0.39 is 24.4 Å². The quantitative estimate of drug-likeness (QED) is 0.0976. The predicted molar refractivity (Wildman–Crippen MR) is 179 cm³/mol. The lowest BCUT2D eigenvalue weighted by Crippen LogP contribution is -2.33. The number of alkyl halides is 1. The summed E-state index contributed by atoms with van der Waals surface area (Å²) in [5.74, 6) is -0.289. The van der Waals surface area contributed by atoms with Crippen molar-refractivity contribution < 1.29 is 21.6 Å². The molecule has 7 nitrogen and oxygen atoms in total. The minimum absolute atomic E-state index is 0.107. The van der Waals surface area contributed by atoms with Crippen LogP contribution < -0.4 is 5.32 Å². The van der Waals surface area contributed by atoms with E-state index in [0.717, 1.165) is 33.8 Å². The summed E-state index contributed by atoms with van der Waals surface area (Å²) in [7, 11) is -6.83. The Hall–Kier alpha value is -3.09. The van der Waals surface area contributed by atoms with Crippen LogP contribution in [-0.4, -0.2) is 50.7 Å². The summed E-state index contributed by atoms with van der Waals surface area (Å²) in [5.41, 5.74) is 4.71. The van der Waals surface area contributed by atoms with Gasteiger partial charge in [0, 0.05) is 45.7 Å². The van der Waals surface area contributed by atoms with Crippen LogP contribution in [0, 0.1) is 0 Å². The van der Waals surface area contributed by atoms with E-state index in [4.69, 9.17) is 0 Å². The SMILES string of the molecule is CC(C)NC(=O)C(=Cc1cccc(-c2cc(C(C)(CI)S(C)(=O)=O)cc3cccnc23)c1)c1ccc(S(C)(=O)=O)cc1. The van der Waals surface area contributed by atoms with Crippen LogP contribution in [0.5, 0.6) is 0 Å². The van der Waals surface area contributed by atoms with E-state index in [1.807, 2.05) is 62.4 Å². The van der Waals surface area contributed by atoms with E-state index in [0.29, 0.717) is 21.1 Å². The average molecular weight is 717 g/mol. The van der Waals surface area contributed by atoms with Crippen molar-refractivity contribution in [1.29, 1.82) is 0 Å². The molecule has 0 aliphatic heterocycles. The van der Waals surface area contributed by atoms with Gasteiger partial charge in [0.15, 0.2) is 19.7 Å². The molecule has 0 fully saturated rings. The highest BCUT2D eigenvalue weighted by atomic mass is 127. The van der Waals surface area contributed by atoms with Crippen LogP contribution in [0.25, 0.3) is 33.7 Å². The fraction of sp³-hybridized carbons (Fsp3) is 0.250. The number of carbonyl (C=O) groups is 1. The van der Waals surface area contributed by atoms with Gasteiger partial charge < -0.3 is 5.32 Å². The molecule has 4 rings (SSSR count). The maximum atomic E-state index is 13.3. The fourth-order valence-corrected chi connectivity index (χ4v) is 8.08. The number of rotatable bonds is 9. The summed E-state index contributed by atoms with van der Waals surface area (Å²) >= 11 is 2.12. The molecule has 0 saturated carbocycles. The highest BCUT2D eigenvalue weighted by molar-refractivity contribution is 14.1. The molecular formula is C32H33IN2O5S2. The van der Waals surface area contributed by atoms with Crippen molar-refractivity contribution >= 4 is 70.7 Å². The summed E-state index contributed by atoms with van der Waals surface area (Å²) < 4.78 is 49.0. The van der Waals surface area contributed by atoms with Gasteiger partial charge >= 0.3 is 0 Å². The minimum atomic E-state index is -3.44. The molecule has 1 heterocycles. The number of halogens is 1. The third-order valence-corrected chi connectivity index (χ3v) is 12.3. The molecule has 1 N–H and O–H groups in total. The summed E-state index contributed by atoms with van der Waals surface area (Å²) in [4.78, 5) is 18.1. The van der Waals surface area contributed by atoms with Crippen LogP contribution in [0.3, 0.4) is 0 Å². The molecule has 0 saturated heterocycles. The number of sulfone groups is 2. The molecule has 42 heavy (non-hydrogen) atoms. The lowest BCUT2D eigenvalue weighted by atomic mass is 9.92. The number of nitrogens with zero attached hydrogens (tertiary/aromatic N) is 1. The Morgan fingerprint density at radius 2 is 1.67 bits per heavy atom. The van der Waals surface area contributed by atoms with Gasteiger partial charge in [-0.05, 0) is 85.5 Å². The number of fused-ring (bicyclic) bond motifs is 1. The molecule has 10 heteroatoms. The summed E-state index contributed by atoms with van der Waals surface area (Å²) in [5, 5.41) is 3.76. The van der Waals surface area contributed by atoms with Crippen molar-refractivity contribution in [3.05, 3.63) is 95.7 Å². The van der Waals surface area contributed by atoms with Gasteiger partial charge in [0.1, 0.15) is 4.75 Å². The number of hydrogen-bond donors (Lipinski definition) is 1. The number of benzene rings is 3. The molecular weight excluding hydrogens is 683 g/mol. The van der Waals surface area contributed by atoms with E-state index in [2.05, 4.69) is 32.9 Å². The number of carbonyl (C=O) groups excluding carboxylic acids is 1. The Morgan fingerprint density at radius 3 is 2.26 bits per heavy atom. The highest BCUT2D eigenvalue weighted by Crippen LogP contribution is 2.38. The zero-order chi connectivity index (χ0) is 30.9. The maximum Gasteiger partial charge on any atom is 0.252 e. The molecule has 0 radical (unpaired) electrons. The zero-order valence-corrected chi connectivity index (χ0v) is 27.8. The summed E-state index contributed by atoms with van der Waals surface area (Å²) in [6.45, 7) is 5.48. The lowest BCUT2D eigenvalue weighted by Gasteiger charge is -2.27. The second-order valence-electron chi connectivity index (χ2n) is 10.8. The number of aromatic nitrogens is 1. The molecule has 4 aromatic rings. The van der Waals surface area contributed by atoms with E-state index in [1.54, 1.807) is 31.3 Å². The normalized spacial score (nSPS) is 14.1. The van der Waals surface area contributed by atoms with Gasteiger partial charge in [0.05, 0.1) is 10.4 Å². The first kappa shape index (κ1) is 31.8. The molecule has 0 bridgehead atoms. The third kappa shape index (κ3) is 6.76. The fourth-order valence-electron chi connectivity index (χ4n) is 4.57. The van der Waals surface area contributed by atoms with Crippen molar-refractivity contribution in [3.8, 4) is 11.1 Å². The van der Waals surface area contributed by atoms with Crippen molar-refractivity contribution in [2.24, 2.45) is 0 Å². The number of amides is 1. The summed E-state index contributed by atoms with van der Waals surface area (Å²) in [6.07, 6.45) is 5.87. The van der Waals surface area contributed by atoms with Crippen molar-refractivity contribution in [1.82, 2.24) is 10.3 Å². The van der Waals surface area contributed by atoms with Crippen LogP contribution in [0.2, 0.25) is 0 Å². The standard InChI is InChI=1S/C32H33IN2O5S2/c1-21(2)35-31(36)29(23-11-13-27(14-12-23)41(4,37)38)17-22-8-6-9-24(16-22)28-19-26(32(3,20-33)42(5,39)40)18-25-10-7-15-34-30(25)28/h6-19,21H,20H2,1-5H3,(H,35,36). The molecule has 1 amide bonds. The molecule has 1 atom stereocenters. The molecule has 0 aliphatic carbocycles. The number of hydrogen-bond acceptors (Lipinski definition) is 6. The van der Waals surface area contributed by atoms with E-state index >= 15 is 0 Å². The van der Waals surface area contributed by atoms with Gasteiger partial charge in [-0.15, -0.1) is 0 Å². The Balaban J connectivity index is 1.90. The van der Waals surface area contributed by atoms with Gasteiger partial charge in [-0.2, -0.15) is 0 Å². The Kier molecular flexibility index (Phi) is 9.29. The van der Waals surface area contributed by atoms with E-state index in [1.165, 1.54) is 18.4 Å². The third-order valence-electron chi connectivity index (χ3n) is 7.16. The van der Waals surface area contributed by atoms with E-state index in [9.17, 15) is 21.6 Å². The first-order valence-corrected chi connectivity index (χ1v) is 18.5. The summed E-state index contributed by atoms with van der Waals surface area (Å²) in [6, 6.07) is 21.3. The van der Waals surface area contributed by atoms with Crippen molar-refractivity contribution in [2.45, 2.75) is 36.5 Å². The predicted octanol–water partition coefficient (Wildman–Crippen LogP) is 6.07. The van der Waals surface area contributed by atoms with Gasteiger partial charge in [-0.25, -0.2) is 16.8 Å². The first-order chi connectivity index (χ1) is 19.6. The number of pyridine rings is 1. The van der Waals surface area contributed by atoms with Gasteiger partial charge in [0.25, 0.3) is 5.91 Å². The Morgan fingerprint density at radius 1 is 0.976 bits per heavy atom. The monoisotopic (exact) mass is 716 g/mol. The second-order valence-corrected chi connectivity index (χ2v) is 16.1. The average Bonchev–Trinajstić information content (AvgIpc) is 2.93. The van der Waals surface area contributed by atoms with Crippen LogP contribution in [-0.2, 0) is 29.2 Å². The van der Waals surface area contributed by atoms with Crippen LogP contribution >= 0.6 is 22.6 Å². The smallest absolute Gasteiger partial charge is 0.252 e. The molecule has 0 spiro atoms. The van der Waals surface area contributed by atoms with Crippen molar-refractivity contribution in [2.75, 3.05) is 16.9 Å². The molecule has 3 aromatic carbocycles.